The molecule has 0 aliphatic heterocycles. The number of benzene rings is 2. The maximum atomic E-state index is 12.0. The predicted molar refractivity (Wildman–Crippen MR) is 81.9 cm³/mol. The second kappa shape index (κ2) is 6.71. The van der Waals surface area contributed by atoms with E-state index in [1.165, 1.54) is 5.56 Å². The molecule has 2 rings (SSSR count). The molecular formula is C18H18O2. The molecule has 0 fully saturated rings. The third-order valence-corrected chi connectivity index (χ3v) is 3.10. The van der Waals surface area contributed by atoms with Crippen molar-refractivity contribution in [3.05, 3.63) is 71.3 Å². The van der Waals surface area contributed by atoms with Crippen molar-refractivity contribution in [2.75, 3.05) is 0 Å². The van der Waals surface area contributed by atoms with Crippen LogP contribution in [0.3, 0.4) is 0 Å². The number of hydrogen-bond acceptors (Lipinski definition) is 2. The minimum absolute atomic E-state index is 0.0128. The number of carbonyl (C=O) groups is 1. The summed E-state index contributed by atoms with van der Waals surface area (Å²) in [4.78, 5) is 12.0. The molecule has 20 heavy (non-hydrogen) atoms. The first kappa shape index (κ1) is 14.1. The standard InChI is InChI=1S/C18H18O2/c1-2-3-14-4-9-16(10-5-14)18(20)13-8-15-6-11-17(19)12-7-15/h4-13,19H,2-3H2,1H3/b13-8+. The van der Waals surface area contributed by atoms with Gasteiger partial charge in [0.2, 0.25) is 0 Å². The molecule has 0 atom stereocenters. The highest BCUT2D eigenvalue weighted by molar-refractivity contribution is 6.06. The average Bonchev–Trinajstić information content (AvgIpc) is 2.47. The number of aromatic hydroxyl groups is 1. The minimum atomic E-state index is -0.0128. The first-order valence-corrected chi connectivity index (χ1v) is 6.79. The molecule has 2 nitrogen and oxygen atoms in total. The van der Waals surface area contributed by atoms with Crippen LogP contribution in [0.1, 0.15) is 34.8 Å². The SMILES string of the molecule is CCCc1ccc(C(=O)/C=C/c2ccc(O)cc2)cc1. The summed E-state index contributed by atoms with van der Waals surface area (Å²) in [7, 11) is 0. The maximum Gasteiger partial charge on any atom is 0.185 e. The number of hydrogen-bond donors (Lipinski definition) is 1. The van der Waals surface area contributed by atoms with E-state index in [-0.39, 0.29) is 11.5 Å². The molecule has 0 bridgehead atoms. The molecule has 0 radical (unpaired) electrons. The van der Waals surface area contributed by atoms with Crippen molar-refractivity contribution >= 4 is 11.9 Å². The lowest BCUT2D eigenvalue weighted by Gasteiger charge is -2.00. The Bertz CT molecular complexity index is 592. The van der Waals surface area contributed by atoms with Gasteiger partial charge in [-0.25, -0.2) is 0 Å². The van der Waals surface area contributed by atoms with Crippen LogP contribution in [-0.4, -0.2) is 10.9 Å². The van der Waals surface area contributed by atoms with Gasteiger partial charge in [-0.05, 0) is 35.8 Å². The number of phenolic OH excluding ortho intramolecular Hbond substituents is 1. The quantitative estimate of drug-likeness (QED) is 0.649. The van der Waals surface area contributed by atoms with Gasteiger partial charge >= 0.3 is 0 Å². The zero-order valence-corrected chi connectivity index (χ0v) is 11.5. The van der Waals surface area contributed by atoms with Crippen molar-refractivity contribution in [3.63, 3.8) is 0 Å². The van der Waals surface area contributed by atoms with Gasteiger partial charge in [-0.15, -0.1) is 0 Å². The molecule has 0 unspecified atom stereocenters. The molecule has 0 heterocycles. The topological polar surface area (TPSA) is 37.3 Å². The van der Waals surface area contributed by atoms with Gasteiger partial charge in [0, 0.05) is 5.56 Å². The van der Waals surface area contributed by atoms with Crippen molar-refractivity contribution in [2.24, 2.45) is 0 Å². The molecule has 0 saturated heterocycles. The molecule has 0 spiro atoms. The Labute approximate surface area is 119 Å². The van der Waals surface area contributed by atoms with E-state index in [1.807, 2.05) is 24.3 Å². The first-order chi connectivity index (χ1) is 9.69. The zero-order chi connectivity index (χ0) is 14.4. The maximum absolute atomic E-state index is 12.0. The Morgan fingerprint density at radius 3 is 2.30 bits per heavy atom. The Balaban J connectivity index is 2.05. The highest BCUT2D eigenvalue weighted by atomic mass is 16.3. The van der Waals surface area contributed by atoms with Gasteiger partial charge in [0.25, 0.3) is 0 Å². The van der Waals surface area contributed by atoms with E-state index in [4.69, 9.17) is 0 Å². The second-order valence-electron chi connectivity index (χ2n) is 4.74. The third-order valence-electron chi connectivity index (χ3n) is 3.10. The number of phenols is 1. The van der Waals surface area contributed by atoms with E-state index < -0.39 is 0 Å². The Morgan fingerprint density at radius 2 is 1.70 bits per heavy atom. The average molecular weight is 266 g/mol. The van der Waals surface area contributed by atoms with E-state index >= 15 is 0 Å². The van der Waals surface area contributed by atoms with Crippen molar-refractivity contribution in [1.29, 1.82) is 0 Å². The van der Waals surface area contributed by atoms with Crippen LogP contribution in [0, 0.1) is 0 Å². The fraction of sp³-hybridized carbons (Fsp3) is 0.167. The lowest BCUT2D eigenvalue weighted by Crippen LogP contribution is -1.94. The van der Waals surface area contributed by atoms with Gasteiger partial charge in [-0.3, -0.25) is 4.79 Å². The van der Waals surface area contributed by atoms with E-state index in [0.717, 1.165) is 18.4 Å². The third kappa shape index (κ3) is 3.82. The van der Waals surface area contributed by atoms with Crippen LogP contribution in [0.25, 0.3) is 6.08 Å². The molecule has 0 aliphatic carbocycles. The summed E-state index contributed by atoms with van der Waals surface area (Å²) in [5.41, 5.74) is 2.84. The van der Waals surface area contributed by atoms with Gasteiger partial charge in [0.15, 0.2) is 5.78 Å². The summed E-state index contributed by atoms with van der Waals surface area (Å²) in [5.74, 6) is 0.209. The minimum Gasteiger partial charge on any atom is -0.508 e. The number of carbonyl (C=O) groups excluding carboxylic acids is 1. The molecule has 0 amide bonds. The predicted octanol–water partition coefficient (Wildman–Crippen LogP) is 4.24. The van der Waals surface area contributed by atoms with Crippen molar-refractivity contribution in [2.45, 2.75) is 19.8 Å². The van der Waals surface area contributed by atoms with Crippen molar-refractivity contribution in [1.82, 2.24) is 0 Å². The molecule has 0 aromatic heterocycles. The molecule has 102 valence electrons. The number of aryl methyl sites for hydroxylation is 1. The summed E-state index contributed by atoms with van der Waals surface area (Å²) in [6.07, 6.45) is 5.45. The second-order valence-corrected chi connectivity index (χ2v) is 4.74. The van der Waals surface area contributed by atoms with Crippen molar-refractivity contribution < 1.29 is 9.90 Å². The van der Waals surface area contributed by atoms with Crippen LogP contribution in [0.15, 0.2) is 54.6 Å². The molecule has 0 saturated carbocycles. The fourth-order valence-corrected chi connectivity index (χ4v) is 1.98. The molecule has 2 heteroatoms. The molecule has 2 aromatic carbocycles. The van der Waals surface area contributed by atoms with E-state index in [0.29, 0.717) is 5.56 Å². The van der Waals surface area contributed by atoms with Crippen LogP contribution >= 0.6 is 0 Å². The summed E-state index contributed by atoms with van der Waals surface area (Å²) in [6, 6.07) is 14.5. The monoisotopic (exact) mass is 266 g/mol. The highest BCUT2D eigenvalue weighted by Crippen LogP contribution is 2.12. The largest absolute Gasteiger partial charge is 0.508 e. The number of ketones is 1. The van der Waals surface area contributed by atoms with Gasteiger partial charge < -0.3 is 5.11 Å². The van der Waals surface area contributed by atoms with E-state index in [2.05, 4.69) is 6.92 Å². The first-order valence-electron chi connectivity index (χ1n) is 6.79. The van der Waals surface area contributed by atoms with Gasteiger partial charge in [0.1, 0.15) is 5.75 Å². The molecule has 0 aliphatic rings. The van der Waals surface area contributed by atoms with Crippen LogP contribution in [0.4, 0.5) is 0 Å². The number of rotatable bonds is 5. The molecule has 2 aromatic rings. The summed E-state index contributed by atoms with van der Waals surface area (Å²) < 4.78 is 0. The molecule has 1 N–H and O–H groups in total. The fourth-order valence-electron chi connectivity index (χ4n) is 1.98. The van der Waals surface area contributed by atoms with E-state index in [9.17, 15) is 9.90 Å². The van der Waals surface area contributed by atoms with Gasteiger partial charge in [-0.2, -0.15) is 0 Å². The smallest absolute Gasteiger partial charge is 0.185 e. The van der Waals surface area contributed by atoms with Crippen molar-refractivity contribution in [3.8, 4) is 5.75 Å². The summed E-state index contributed by atoms with van der Waals surface area (Å²) >= 11 is 0. The Morgan fingerprint density at radius 1 is 1.05 bits per heavy atom. The van der Waals surface area contributed by atoms with Crippen LogP contribution in [0.5, 0.6) is 5.75 Å². The van der Waals surface area contributed by atoms with Gasteiger partial charge in [0.05, 0.1) is 0 Å². The Kier molecular flexibility index (Phi) is 4.72. The highest BCUT2D eigenvalue weighted by Gasteiger charge is 2.01. The number of allylic oxidation sites excluding steroid dienone is 1. The van der Waals surface area contributed by atoms with Crippen LogP contribution in [-0.2, 0) is 6.42 Å². The van der Waals surface area contributed by atoms with Gasteiger partial charge in [-0.1, -0.05) is 55.8 Å². The lowest BCUT2D eigenvalue weighted by molar-refractivity contribution is 0.104. The summed E-state index contributed by atoms with van der Waals surface area (Å²) in [5, 5.41) is 9.19. The van der Waals surface area contributed by atoms with Crippen LogP contribution < -0.4 is 0 Å². The normalized spacial score (nSPS) is 10.8. The lowest BCUT2D eigenvalue weighted by atomic mass is 10.0. The molecular weight excluding hydrogens is 248 g/mol. The zero-order valence-electron chi connectivity index (χ0n) is 11.5. The van der Waals surface area contributed by atoms with E-state index in [1.54, 1.807) is 36.4 Å². The van der Waals surface area contributed by atoms with Crippen LogP contribution in [0.2, 0.25) is 0 Å². The Hall–Kier alpha value is -2.35. The summed E-state index contributed by atoms with van der Waals surface area (Å²) in [6.45, 7) is 2.14.